The Morgan fingerprint density at radius 1 is 1.06 bits per heavy atom. The molecule has 5 rings (SSSR count). The van der Waals surface area contributed by atoms with Crippen molar-refractivity contribution in [1.82, 2.24) is 9.91 Å². The smallest absolute Gasteiger partial charge is 0.257 e. The summed E-state index contributed by atoms with van der Waals surface area (Å²) in [5.41, 5.74) is 5.49. The summed E-state index contributed by atoms with van der Waals surface area (Å²) < 4.78 is 11.1. The summed E-state index contributed by atoms with van der Waals surface area (Å²) in [6.07, 6.45) is 2.98. The number of ether oxygens (including phenoxy) is 2. The topological polar surface area (TPSA) is 54.4 Å². The van der Waals surface area contributed by atoms with E-state index in [0.717, 1.165) is 60.2 Å². The van der Waals surface area contributed by atoms with Gasteiger partial charge in [-0.3, -0.25) is 9.69 Å². The highest BCUT2D eigenvalue weighted by atomic mass is 16.7. The Hall–Kier alpha value is -2.86. The lowest BCUT2D eigenvalue weighted by molar-refractivity contribution is -0.134. The molecule has 3 aliphatic heterocycles. The maximum Gasteiger partial charge on any atom is 0.257 e. The van der Waals surface area contributed by atoms with E-state index in [0.29, 0.717) is 13.0 Å². The van der Waals surface area contributed by atoms with E-state index in [-0.39, 0.29) is 18.7 Å². The summed E-state index contributed by atoms with van der Waals surface area (Å²) in [5, 5.41) is 6.61. The number of carbonyl (C=O) groups is 1. The second-order valence-corrected chi connectivity index (χ2v) is 9.39. The largest absolute Gasteiger partial charge is 0.454 e. The molecule has 0 spiro atoms. The summed E-state index contributed by atoms with van der Waals surface area (Å²) >= 11 is 0. The van der Waals surface area contributed by atoms with Crippen LogP contribution in [-0.2, 0) is 4.79 Å². The molecule has 3 heterocycles. The van der Waals surface area contributed by atoms with Crippen LogP contribution in [0.15, 0.2) is 41.5 Å². The Balaban J connectivity index is 1.44. The molecule has 0 bridgehead atoms. The van der Waals surface area contributed by atoms with Gasteiger partial charge in [0.15, 0.2) is 11.5 Å². The van der Waals surface area contributed by atoms with Gasteiger partial charge in [0.05, 0.1) is 18.3 Å². The number of rotatable bonds is 4. The molecular weight excluding hydrogens is 402 g/mol. The summed E-state index contributed by atoms with van der Waals surface area (Å²) in [5.74, 6) is 2.29. The maximum atomic E-state index is 13.5. The Kier molecular flexibility index (Phi) is 5.64. The third kappa shape index (κ3) is 4.11. The summed E-state index contributed by atoms with van der Waals surface area (Å²) in [4.78, 5) is 15.7. The summed E-state index contributed by atoms with van der Waals surface area (Å²) in [6, 6.07) is 12.2. The van der Waals surface area contributed by atoms with Crippen LogP contribution in [0.5, 0.6) is 11.5 Å². The molecule has 0 aliphatic carbocycles. The van der Waals surface area contributed by atoms with Crippen LogP contribution in [0.4, 0.5) is 0 Å². The molecular formula is C26H31N3O3. The number of amides is 1. The first-order valence-corrected chi connectivity index (χ1v) is 11.6. The van der Waals surface area contributed by atoms with Gasteiger partial charge in [-0.2, -0.15) is 5.10 Å². The lowest BCUT2D eigenvalue weighted by atomic mass is 9.95. The molecule has 1 atom stereocenters. The number of fused-ring (bicyclic) bond motifs is 1. The van der Waals surface area contributed by atoms with E-state index >= 15 is 0 Å². The Labute approximate surface area is 189 Å². The summed E-state index contributed by atoms with van der Waals surface area (Å²) in [7, 11) is 0. The zero-order chi connectivity index (χ0) is 22.2. The van der Waals surface area contributed by atoms with Gasteiger partial charge in [0.25, 0.3) is 5.91 Å². The minimum Gasteiger partial charge on any atom is -0.454 e. The monoisotopic (exact) mass is 433 g/mol. The predicted molar refractivity (Wildman–Crippen MR) is 124 cm³/mol. The van der Waals surface area contributed by atoms with Crippen LogP contribution < -0.4 is 9.47 Å². The average Bonchev–Trinajstić information content (AvgIpc) is 3.43. The standard InChI is InChI=1S/C26H31N3O3/c1-17-8-10-28(11-9-17)15-26(30)29-23(20-6-7-24-25(13-20)32-16-31-24)14-22(27-29)21-12-18(2)4-5-19(21)3/h4-7,12-13,17,23H,8-11,14-16H2,1-3H3. The molecule has 0 radical (unpaired) electrons. The molecule has 32 heavy (non-hydrogen) atoms. The van der Waals surface area contributed by atoms with Crippen LogP contribution >= 0.6 is 0 Å². The highest BCUT2D eigenvalue weighted by Crippen LogP contribution is 2.39. The van der Waals surface area contributed by atoms with E-state index in [2.05, 4.69) is 43.9 Å². The molecule has 0 N–H and O–H groups in total. The van der Waals surface area contributed by atoms with Crippen molar-refractivity contribution in [3.8, 4) is 11.5 Å². The van der Waals surface area contributed by atoms with Crippen molar-refractivity contribution in [3.05, 3.63) is 58.7 Å². The van der Waals surface area contributed by atoms with E-state index in [1.165, 1.54) is 11.1 Å². The first-order valence-electron chi connectivity index (χ1n) is 11.6. The fourth-order valence-electron chi connectivity index (χ4n) is 4.81. The van der Waals surface area contributed by atoms with Crippen molar-refractivity contribution < 1.29 is 14.3 Å². The number of hydrogen-bond donors (Lipinski definition) is 0. The number of aryl methyl sites for hydroxylation is 2. The lowest BCUT2D eigenvalue weighted by Gasteiger charge is -2.31. The minimum absolute atomic E-state index is 0.0579. The number of nitrogens with zero attached hydrogens (tertiary/aromatic N) is 3. The Bertz CT molecular complexity index is 1060. The zero-order valence-electron chi connectivity index (χ0n) is 19.1. The van der Waals surface area contributed by atoms with Gasteiger partial charge in [-0.25, -0.2) is 5.01 Å². The highest BCUT2D eigenvalue weighted by Gasteiger charge is 2.35. The van der Waals surface area contributed by atoms with E-state index in [1.807, 2.05) is 18.2 Å². The number of benzene rings is 2. The molecule has 0 saturated carbocycles. The van der Waals surface area contributed by atoms with Crippen LogP contribution in [0.1, 0.15) is 54.5 Å². The molecule has 2 aromatic carbocycles. The van der Waals surface area contributed by atoms with Crippen LogP contribution in [0, 0.1) is 19.8 Å². The van der Waals surface area contributed by atoms with Crippen LogP contribution in [0.3, 0.4) is 0 Å². The highest BCUT2D eigenvalue weighted by molar-refractivity contribution is 6.04. The first kappa shape index (κ1) is 21.0. The first-order chi connectivity index (χ1) is 15.5. The quantitative estimate of drug-likeness (QED) is 0.715. The van der Waals surface area contributed by atoms with Gasteiger partial charge >= 0.3 is 0 Å². The van der Waals surface area contributed by atoms with Crippen LogP contribution in [0.2, 0.25) is 0 Å². The Morgan fingerprint density at radius 2 is 1.84 bits per heavy atom. The van der Waals surface area contributed by atoms with E-state index in [1.54, 1.807) is 5.01 Å². The van der Waals surface area contributed by atoms with Gasteiger partial charge in [0.1, 0.15) is 0 Å². The number of carbonyl (C=O) groups excluding carboxylic acids is 1. The normalized spacial score (nSPS) is 21.2. The Morgan fingerprint density at radius 3 is 2.66 bits per heavy atom. The maximum absolute atomic E-state index is 13.5. The zero-order valence-corrected chi connectivity index (χ0v) is 19.1. The van der Waals surface area contributed by atoms with Crippen molar-refractivity contribution >= 4 is 11.6 Å². The minimum atomic E-state index is -0.143. The van der Waals surface area contributed by atoms with E-state index in [4.69, 9.17) is 14.6 Å². The van der Waals surface area contributed by atoms with Crippen molar-refractivity contribution in [2.45, 2.75) is 46.1 Å². The second-order valence-electron chi connectivity index (χ2n) is 9.39. The number of hydrogen-bond acceptors (Lipinski definition) is 5. The van der Waals surface area contributed by atoms with Crippen molar-refractivity contribution in [1.29, 1.82) is 0 Å². The number of piperidine rings is 1. The van der Waals surface area contributed by atoms with Crippen molar-refractivity contribution in [3.63, 3.8) is 0 Å². The second kappa shape index (κ2) is 8.58. The third-order valence-corrected chi connectivity index (χ3v) is 6.89. The van der Waals surface area contributed by atoms with Gasteiger partial charge in [-0.1, -0.05) is 30.7 Å². The van der Waals surface area contributed by atoms with Crippen molar-refractivity contribution in [2.24, 2.45) is 11.0 Å². The molecule has 6 heteroatoms. The fraction of sp³-hybridized carbons (Fsp3) is 0.462. The lowest BCUT2D eigenvalue weighted by Crippen LogP contribution is -2.41. The SMILES string of the molecule is Cc1ccc(C)c(C2=NN(C(=O)CN3CCC(C)CC3)C(c3ccc4c(c3)OCO4)C2)c1. The van der Waals surface area contributed by atoms with E-state index < -0.39 is 0 Å². The van der Waals surface area contributed by atoms with Gasteiger partial charge in [-0.05, 0) is 75.0 Å². The number of hydrazone groups is 1. The average molecular weight is 434 g/mol. The fourth-order valence-corrected chi connectivity index (χ4v) is 4.81. The van der Waals surface area contributed by atoms with Crippen LogP contribution in [0.25, 0.3) is 0 Å². The van der Waals surface area contributed by atoms with Crippen LogP contribution in [-0.4, -0.2) is 48.0 Å². The van der Waals surface area contributed by atoms with Gasteiger partial charge < -0.3 is 9.47 Å². The number of likely N-dealkylation sites (tertiary alicyclic amines) is 1. The molecule has 1 unspecified atom stereocenters. The molecule has 1 amide bonds. The molecule has 2 aromatic rings. The third-order valence-electron chi connectivity index (χ3n) is 6.89. The van der Waals surface area contributed by atoms with Gasteiger partial charge in [0.2, 0.25) is 6.79 Å². The summed E-state index contributed by atoms with van der Waals surface area (Å²) in [6.45, 7) is 9.09. The molecule has 168 valence electrons. The molecule has 1 saturated heterocycles. The molecule has 6 nitrogen and oxygen atoms in total. The van der Waals surface area contributed by atoms with E-state index in [9.17, 15) is 4.79 Å². The van der Waals surface area contributed by atoms with Crippen molar-refractivity contribution in [2.75, 3.05) is 26.4 Å². The molecule has 0 aromatic heterocycles. The molecule has 3 aliphatic rings. The predicted octanol–water partition coefficient (Wildman–Crippen LogP) is 4.44. The van der Waals surface area contributed by atoms with Gasteiger partial charge in [0, 0.05) is 12.0 Å². The van der Waals surface area contributed by atoms with Gasteiger partial charge in [-0.15, -0.1) is 0 Å². The molecule has 1 fully saturated rings.